The first-order chi connectivity index (χ1) is 7.56. The van der Waals surface area contributed by atoms with Crippen LogP contribution in [0.2, 0.25) is 10.0 Å². The summed E-state index contributed by atoms with van der Waals surface area (Å²) in [6.07, 6.45) is -0.422. The quantitative estimate of drug-likeness (QED) is 0.604. The van der Waals surface area contributed by atoms with Crippen LogP contribution in [0.15, 0.2) is 18.2 Å². The topological polar surface area (TPSA) is 35.5 Å². The molecule has 0 saturated heterocycles. The molecule has 0 saturated carbocycles. The van der Waals surface area contributed by atoms with Crippen molar-refractivity contribution < 1.29 is 14.3 Å². The van der Waals surface area contributed by atoms with Gasteiger partial charge in [0, 0.05) is 29.8 Å². The van der Waals surface area contributed by atoms with E-state index in [9.17, 15) is 4.79 Å². The molecule has 1 aromatic rings. The van der Waals surface area contributed by atoms with Crippen LogP contribution in [0.25, 0.3) is 0 Å². The normalized spacial score (nSPS) is 10.8. The van der Waals surface area contributed by atoms with Gasteiger partial charge in [0.25, 0.3) is 0 Å². The molecule has 0 aromatic heterocycles. The minimum Gasteiger partial charge on any atom is -0.355 e. The average Bonchev–Trinajstić information content (AvgIpc) is 2.24. The number of hydrogen-bond donors (Lipinski definition) is 0. The third-order valence-electron chi connectivity index (χ3n) is 2.06. The Labute approximate surface area is 104 Å². The number of hydrogen-bond acceptors (Lipinski definition) is 3. The average molecular weight is 263 g/mol. The zero-order valence-electron chi connectivity index (χ0n) is 9.00. The Balaban J connectivity index is 2.80. The third kappa shape index (κ3) is 3.76. The molecule has 1 rings (SSSR count). The first kappa shape index (κ1) is 13.5. The van der Waals surface area contributed by atoms with Crippen LogP contribution in [-0.2, 0) is 9.47 Å². The maximum Gasteiger partial charge on any atom is 0.168 e. The van der Waals surface area contributed by atoms with Crippen molar-refractivity contribution >= 4 is 29.0 Å². The number of halogens is 2. The lowest BCUT2D eigenvalue weighted by Gasteiger charge is -2.12. The van der Waals surface area contributed by atoms with Gasteiger partial charge in [0.05, 0.1) is 6.42 Å². The van der Waals surface area contributed by atoms with E-state index in [2.05, 4.69) is 0 Å². The van der Waals surface area contributed by atoms with Gasteiger partial charge in [0.1, 0.15) is 0 Å². The van der Waals surface area contributed by atoms with E-state index in [0.29, 0.717) is 15.6 Å². The van der Waals surface area contributed by atoms with Gasteiger partial charge in [-0.3, -0.25) is 4.79 Å². The number of ketones is 1. The summed E-state index contributed by atoms with van der Waals surface area (Å²) in [5.41, 5.74) is 0.455. The Morgan fingerprint density at radius 1 is 1.19 bits per heavy atom. The van der Waals surface area contributed by atoms with E-state index in [1.165, 1.54) is 14.2 Å². The van der Waals surface area contributed by atoms with Crippen LogP contribution < -0.4 is 0 Å². The van der Waals surface area contributed by atoms with Crippen molar-refractivity contribution in [1.82, 2.24) is 0 Å². The third-order valence-corrected chi connectivity index (χ3v) is 2.50. The van der Waals surface area contributed by atoms with Gasteiger partial charge in [-0.15, -0.1) is 0 Å². The molecule has 0 N–H and O–H groups in total. The van der Waals surface area contributed by atoms with Crippen LogP contribution in [0.4, 0.5) is 0 Å². The molecule has 0 heterocycles. The lowest BCUT2D eigenvalue weighted by Crippen LogP contribution is -2.18. The molecule has 16 heavy (non-hydrogen) atoms. The van der Waals surface area contributed by atoms with Crippen molar-refractivity contribution in [2.45, 2.75) is 12.7 Å². The molecule has 0 aliphatic carbocycles. The van der Waals surface area contributed by atoms with Gasteiger partial charge >= 0.3 is 0 Å². The number of benzene rings is 1. The Morgan fingerprint density at radius 3 is 2.12 bits per heavy atom. The number of carbonyl (C=O) groups is 1. The molecular formula is C11H12Cl2O3. The minimum atomic E-state index is -0.551. The summed E-state index contributed by atoms with van der Waals surface area (Å²) < 4.78 is 9.89. The van der Waals surface area contributed by atoms with E-state index in [4.69, 9.17) is 32.7 Å². The molecule has 0 fully saturated rings. The SMILES string of the molecule is COC(CC(=O)c1cc(Cl)cc(Cl)c1)OC. The summed E-state index contributed by atoms with van der Waals surface area (Å²) in [6.45, 7) is 0. The van der Waals surface area contributed by atoms with E-state index in [1.54, 1.807) is 18.2 Å². The number of methoxy groups -OCH3 is 2. The van der Waals surface area contributed by atoms with Crippen molar-refractivity contribution in [2.24, 2.45) is 0 Å². The number of rotatable bonds is 5. The highest BCUT2D eigenvalue weighted by Crippen LogP contribution is 2.20. The Bertz CT molecular complexity index is 355. The van der Waals surface area contributed by atoms with E-state index in [0.717, 1.165) is 0 Å². The maximum atomic E-state index is 11.8. The van der Waals surface area contributed by atoms with Crippen molar-refractivity contribution in [1.29, 1.82) is 0 Å². The summed E-state index contributed by atoms with van der Waals surface area (Å²) in [7, 11) is 2.96. The fourth-order valence-corrected chi connectivity index (χ4v) is 1.77. The second kappa shape index (κ2) is 6.21. The summed E-state index contributed by atoms with van der Waals surface area (Å²) in [4.78, 5) is 11.8. The molecule has 0 atom stereocenters. The molecule has 0 bridgehead atoms. The molecule has 0 radical (unpaired) electrons. The number of ether oxygens (including phenoxy) is 2. The van der Waals surface area contributed by atoms with Gasteiger partial charge in [0.15, 0.2) is 12.1 Å². The fourth-order valence-electron chi connectivity index (χ4n) is 1.25. The van der Waals surface area contributed by atoms with Crippen molar-refractivity contribution in [3.8, 4) is 0 Å². The maximum absolute atomic E-state index is 11.8. The molecular weight excluding hydrogens is 251 g/mol. The fraction of sp³-hybridized carbons (Fsp3) is 0.364. The van der Waals surface area contributed by atoms with Crippen molar-refractivity contribution in [3.63, 3.8) is 0 Å². The predicted octanol–water partition coefficient (Wildman–Crippen LogP) is 3.19. The molecule has 0 aliphatic heterocycles. The highest BCUT2D eigenvalue weighted by atomic mass is 35.5. The Kier molecular flexibility index (Phi) is 5.22. The highest BCUT2D eigenvalue weighted by Gasteiger charge is 2.14. The Hall–Kier alpha value is -0.610. The first-order valence-corrected chi connectivity index (χ1v) is 5.37. The monoisotopic (exact) mass is 262 g/mol. The lowest BCUT2D eigenvalue weighted by molar-refractivity contribution is -0.0993. The van der Waals surface area contributed by atoms with Crippen LogP contribution in [-0.4, -0.2) is 26.3 Å². The molecule has 0 aliphatic rings. The van der Waals surface area contributed by atoms with Crippen LogP contribution in [0.5, 0.6) is 0 Å². The molecule has 1 aromatic carbocycles. The van der Waals surface area contributed by atoms with E-state index in [1.807, 2.05) is 0 Å². The number of Topliss-reactive ketones (excluding diaryl/α,β-unsaturated/α-hetero) is 1. The Morgan fingerprint density at radius 2 is 1.69 bits per heavy atom. The summed E-state index contributed by atoms with van der Waals surface area (Å²) in [5, 5.41) is 0.865. The predicted molar refractivity (Wildman–Crippen MR) is 63.2 cm³/mol. The summed E-state index contributed by atoms with van der Waals surface area (Å²) in [5.74, 6) is -0.127. The van der Waals surface area contributed by atoms with Crippen LogP contribution >= 0.6 is 23.2 Å². The molecule has 3 nitrogen and oxygen atoms in total. The summed E-state index contributed by atoms with van der Waals surface area (Å²) in [6, 6.07) is 4.71. The van der Waals surface area contributed by atoms with Gasteiger partial charge in [-0.05, 0) is 18.2 Å². The van der Waals surface area contributed by atoms with Crippen LogP contribution in [0, 0.1) is 0 Å². The second-order valence-electron chi connectivity index (χ2n) is 3.19. The zero-order valence-corrected chi connectivity index (χ0v) is 10.5. The lowest BCUT2D eigenvalue weighted by atomic mass is 10.1. The zero-order chi connectivity index (χ0) is 12.1. The van der Waals surface area contributed by atoms with Crippen molar-refractivity contribution in [2.75, 3.05) is 14.2 Å². The van der Waals surface area contributed by atoms with Gasteiger partial charge in [-0.2, -0.15) is 0 Å². The summed E-state index contributed by atoms with van der Waals surface area (Å²) >= 11 is 11.6. The number of carbonyl (C=O) groups excluding carboxylic acids is 1. The van der Waals surface area contributed by atoms with E-state index in [-0.39, 0.29) is 12.2 Å². The molecule has 5 heteroatoms. The standard InChI is InChI=1S/C11H12Cl2O3/c1-15-11(16-2)6-10(14)7-3-8(12)5-9(13)4-7/h3-5,11H,6H2,1-2H3. The minimum absolute atomic E-state index is 0.127. The molecule has 0 unspecified atom stereocenters. The van der Waals surface area contributed by atoms with Crippen molar-refractivity contribution in [3.05, 3.63) is 33.8 Å². The first-order valence-electron chi connectivity index (χ1n) is 4.61. The highest BCUT2D eigenvalue weighted by molar-refractivity contribution is 6.35. The van der Waals surface area contributed by atoms with E-state index < -0.39 is 6.29 Å². The molecule has 0 spiro atoms. The smallest absolute Gasteiger partial charge is 0.168 e. The van der Waals surface area contributed by atoms with Gasteiger partial charge in [-0.1, -0.05) is 23.2 Å². The van der Waals surface area contributed by atoms with E-state index >= 15 is 0 Å². The van der Waals surface area contributed by atoms with Gasteiger partial charge in [0.2, 0.25) is 0 Å². The molecule has 0 amide bonds. The second-order valence-corrected chi connectivity index (χ2v) is 4.06. The van der Waals surface area contributed by atoms with Crippen LogP contribution in [0.3, 0.4) is 0 Å². The van der Waals surface area contributed by atoms with Crippen LogP contribution in [0.1, 0.15) is 16.8 Å². The largest absolute Gasteiger partial charge is 0.355 e. The van der Waals surface area contributed by atoms with Gasteiger partial charge < -0.3 is 9.47 Å². The molecule has 88 valence electrons. The van der Waals surface area contributed by atoms with Gasteiger partial charge in [-0.25, -0.2) is 0 Å².